The van der Waals surface area contributed by atoms with Crippen molar-refractivity contribution in [2.24, 2.45) is 10.8 Å². The number of carbonyl (C=O) groups is 6. The second-order valence-electron chi connectivity index (χ2n) is 17.1. The lowest BCUT2D eigenvalue weighted by Crippen LogP contribution is -2.57. The standard InChI is InChI=1S/C44H61N7O8/c1-28(47(9)39(54)35(43(3,4)5)49(11)41(56)57)37(52)45-32-22-18-30(19-23-32)26-51(34-16-14-13-15-17-34)27-31-20-24-33(25-21-31)46-38(53)29(2)48(10)40(55)36(44(6,7)8)50(12)42(58)59/h13-25,28-29,35-36H,26-27H2,1-12H3,(H,45,52)(H,46,53)(H,56,57)(H,58,59)/t28-,29-,35+,36+/m0/s1. The van der Waals surface area contributed by atoms with Crippen molar-refractivity contribution in [3.05, 3.63) is 90.0 Å². The molecule has 4 N–H and O–H groups in total. The van der Waals surface area contributed by atoms with E-state index in [-0.39, 0.29) is 0 Å². The van der Waals surface area contributed by atoms with E-state index in [1.165, 1.54) is 38.0 Å². The number of para-hydroxylation sites is 1. The Morgan fingerprint density at radius 3 is 1.14 bits per heavy atom. The molecule has 59 heavy (non-hydrogen) atoms. The lowest BCUT2D eigenvalue weighted by atomic mass is 9.84. The van der Waals surface area contributed by atoms with Gasteiger partial charge in [-0.25, -0.2) is 9.59 Å². The Morgan fingerprint density at radius 1 is 0.525 bits per heavy atom. The minimum atomic E-state index is -1.24. The smallest absolute Gasteiger partial charge is 0.407 e. The molecule has 0 heterocycles. The van der Waals surface area contributed by atoms with Crippen molar-refractivity contribution in [3.8, 4) is 0 Å². The highest BCUT2D eigenvalue weighted by Crippen LogP contribution is 2.28. The van der Waals surface area contributed by atoms with Gasteiger partial charge >= 0.3 is 12.2 Å². The first-order valence-corrected chi connectivity index (χ1v) is 19.4. The summed E-state index contributed by atoms with van der Waals surface area (Å²) < 4.78 is 0. The van der Waals surface area contributed by atoms with Crippen LogP contribution in [0.2, 0.25) is 0 Å². The maximum atomic E-state index is 13.4. The molecule has 4 atom stereocenters. The summed E-state index contributed by atoms with van der Waals surface area (Å²) >= 11 is 0. The van der Waals surface area contributed by atoms with E-state index >= 15 is 0 Å². The molecular weight excluding hydrogens is 755 g/mol. The summed E-state index contributed by atoms with van der Waals surface area (Å²) in [6.07, 6.45) is -2.47. The molecule has 0 aliphatic carbocycles. The van der Waals surface area contributed by atoms with Gasteiger partial charge in [-0.2, -0.15) is 0 Å². The summed E-state index contributed by atoms with van der Waals surface area (Å²) in [5.41, 5.74) is 2.58. The van der Waals surface area contributed by atoms with Crippen LogP contribution in [0.15, 0.2) is 78.9 Å². The van der Waals surface area contributed by atoms with Gasteiger partial charge in [0.25, 0.3) is 0 Å². The van der Waals surface area contributed by atoms with Crippen molar-refractivity contribution in [1.29, 1.82) is 0 Å². The average molecular weight is 816 g/mol. The number of anilines is 3. The number of benzene rings is 3. The third kappa shape index (κ3) is 12.4. The number of nitrogens with one attached hydrogen (secondary N) is 2. The number of amides is 6. The van der Waals surface area contributed by atoms with E-state index < -0.39 is 70.8 Å². The molecular formula is C44H61N7O8. The number of hydrogen-bond donors (Lipinski definition) is 4. The molecule has 15 nitrogen and oxygen atoms in total. The van der Waals surface area contributed by atoms with Gasteiger partial charge in [0.1, 0.15) is 24.2 Å². The molecule has 0 unspecified atom stereocenters. The summed E-state index contributed by atoms with van der Waals surface area (Å²) in [5, 5.41) is 24.9. The number of nitrogens with zero attached hydrogens (tertiary/aromatic N) is 5. The number of rotatable bonds is 15. The van der Waals surface area contributed by atoms with Crippen LogP contribution < -0.4 is 15.5 Å². The van der Waals surface area contributed by atoms with E-state index in [0.29, 0.717) is 24.5 Å². The highest BCUT2D eigenvalue weighted by Gasteiger charge is 2.42. The SMILES string of the molecule is C[C@@H](C(=O)Nc1ccc(CN(Cc2ccc(NC(=O)[C@H](C)N(C)C(=O)[C@@H](N(C)C(=O)O)C(C)(C)C)cc2)c2ccccc2)cc1)N(C)C(=O)[C@@H](N(C)C(=O)O)C(C)(C)C. The number of carboxylic acid groups (broad SMARTS) is 2. The molecule has 3 aromatic rings. The van der Waals surface area contributed by atoms with Crippen molar-refractivity contribution in [1.82, 2.24) is 19.6 Å². The van der Waals surface area contributed by atoms with Crippen LogP contribution in [0.25, 0.3) is 0 Å². The minimum Gasteiger partial charge on any atom is -0.465 e. The van der Waals surface area contributed by atoms with Gasteiger partial charge in [-0.3, -0.25) is 29.0 Å². The van der Waals surface area contributed by atoms with Gasteiger partial charge in [-0.05, 0) is 72.2 Å². The van der Waals surface area contributed by atoms with Crippen molar-refractivity contribution in [2.45, 2.75) is 92.6 Å². The van der Waals surface area contributed by atoms with Gasteiger partial charge in [0.2, 0.25) is 23.6 Å². The molecule has 0 aliphatic heterocycles. The van der Waals surface area contributed by atoms with Crippen LogP contribution in [0.4, 0.5) is 26.7 Å². The summed E-state index contributed by atoms with van der Waals surface area (Å²) in [7, 11) is 5.67. The van der Waals surface area contributed by atoms with Crippen molar-refractivity contribution >= 4 is 52.9 Å². The van der Waals surface area contributed by atoms with E-state index in [2.05, 4.69) is 15.5 Å². The topological polar surface area (TPSA) is 183 Å². The third-order valence-electron chi connectivity index (χ3n) is 10.4. The largest absolute Gasteiger partial charge is 0.465 e. The highest BCUT2D eigenvalue weighted by atomic mass is 16.4. The molecule has 0 spiro atoms. The van der Waals surface area contributed by atoms with E-state index in [4.69, 9.17) is 0 Å². The molecule has 0 aromatic heterocycles. The predicted octanol–water partition coefficient (Wildman–Crippen LogP) is 6.51. The van der Waals surface area contributed by atoms with E-state index in [1.807, 2.05) is 54.6 Å². The molecule has 0 bridgehead atoms. The van der Waals surface area contributed by atoms with Gasteiger partial charge in [0.15, 0.2) is 0 Å². The van der Waals surface area contributed by atoms with E-state index in [0.717, 1.165) is 26.6 Å². The molecule has 0 saturated heterocycles. The van der Waals surface area contributed by atoms with Crippen LogP contribution in [0, 0.1) is 10.8 Å². The number of hydrogen-bond acceptors (Lipinski definition) is 7. The third-order valence-corrected chi connectivity index (χ3v) is 10.4. The molecule has 3 aromatic carbocycles. The van der Waals surface area contributed by atoms with Crippen LogP contribution in [-0.4, -0.2) is 118 Å². The molecule has 320 valence electrons. The van der Waals surface area contributed by atoms with Gasteiger partial charge in [-0.15, -0.1) is 0 Å². The van der Waals surface area contributed by atoms with Gasteiger partial charge in [0, 0.05) is 58.3 Å². The molecule has 0 aliphatic rings. The maximum Gasteiger partial charge on any atom is 0.407 e. The molecule has 3 rings (SSSR count). The van der Waals surface area contributed by atoms with Crippen LogP contribution in [-0.2, 0) is 32.3 Å². The van der Waals surface area contributed by atoms with Crippen molar-refractivity contribution < 1.29 is 39.0 Å². The lowest BCUT2D eigenvalue weighted by Gasteiger charge is -2.38. The summed E-state index contributed by atoms with van der Waals surface area (Å²) in [6.45, 7) is 14.9. The van der Waals surface area contributed by atoms with Crippen LogP contribution >= 0.6 is 0 Å². The van der Waals surface area contributed by atoms with E-state index in [9.17, 15) is 39.0 Å². The number of likely N-dealkylation sites (N-methyl/N-ethyl adjacent to an activating group) is 4. The zero-order valence-electron chi connectivity index (χ0n) is 36.3. The van der Waals surface area contributed by atoms with Crippen LogP contribution in [0.5, 0.6) is 0 Å². The highest BCUT2D eigenvalue weighted by molar-refractivity contribution is 5.99. The Kier molecular flexibility index (Phi) is 15.7. The predicted molar refractivity (Wildman–Crippen MR) is 229 cm³/mol. The first-order valence-electron chi connectivity index (χ1n) is 19.4. The lowest BCUT2D eigenvalue weighted by molar-refractivity contribution is -0.143. The van der Waals surface area contributed by atoms with Gasteiger partial charge in [0.05, 0.1) is 0 Å². The fraction of sp³-hybridized carbons (Fsp3) is 0.455. The fourth-order valence-corrected chi connectivity index (χ4v) is 6.77. The van der Waals surface area contributed by atoms with Crippen LogP contribution in [0.3, 0.4) is 0 Å². The second-order valence-corrected chi connectivity index (χ2v) is 17.1. The first-order chi connectivity index (χ1) is 27.3. The van der Waals surface area contributed by atoms with E-state index in [1.54, 1.807) is 79.7 Å². The van der Waals surface area contributed by atoms with Gasteiger partial charge < -0.3 is 35.5 Å². The zero-order chi connectivity index (χ0) is 44.6. The molecule has 0 fully saturated rings. The Bertz CT molecular complexity index is 1820. The molecule has 6 amide bonds. The van der Waals surface area contributed by atoms with Crippen molar-refractivity contribution in [2.75, 3.05) is 43.7 Å². The number of carbonyl (C=O) groups excluding carboxylic acids is 4. The zero-order valence-corrected chi connectivity index (χ0v) is 36.3. The Balaban J connectivity index is 1.69. The minimum absolute atomic E-state index is 0.419. The van der Waals surface area contributed by atoms with Gasteiger partial charge in [-0.1, -0.05) is 84.0 Å². The normalized spacial score (nSPS) is 13.5. The summed E-state index contributed by atoms with van der Waals surface area (Å²) in [4.78, 5) is 83.5. The van der Waals surface area contributed by atoms with Crippen molar-refractivity contribution in [3.63, 3.8) is 0 Å². The first kappa shape index (κ1) is 47.3. The fourth-order valence-electron chi connectivity index (χ4n) is 6.77. The molecule has 0 radical (unpaired) electrons. The average Bonchev–Trinajstić information content (AvgIpc) is 3.16. The monoisotopic (exact) mass is 815 g/mol. The molecule has 0 saturated carbocycles. The quantitative estimate of drug-likeness (QED) is 0.133. The molecule has 15 heteroatoms. The summed E-state index contributed by atoms with van der Waals surface area (Å²) in [5.74, 6) is -1.80. The Morgan fingerprint density at radius 2 is 0.847 bits per heavy atom. The van der Waals surface area contributed by atoms with Crippen LogP contribution in [0.1, 0.15) is 66.5 Å². The summed E-state index contributed by atoms with van der Waals surface area (Å²) in [6, 6.07) is 20.9. The maximum absolute atomic E-state index is 13.4. The Labute approximate surface area is 347 Å². The second kappa shape index (κ2) is 19.6. The Hall–Kier alpha value is -6.12.